The average molecular weight is 255 g/mol. The zero-order valence-corrected chi connectivity index (χ0v) is 11.1. The zero-order valence-electron chi connectivity index (χ0n) is 10.3. The minimum atomic E-state index is -0.971. The van der Waals surface area contributed by atoms with Gasteiger partial charge < -0.3 is 10.1 Å². The number of rotatable bonds is 5. The Morgan fingerprint density at radius 2 is 2.18 bits per heavy atom. The van der Waals surface area contributed by atoms with E-state index in [1.165, 1.54) is 7.11 Å². The van der Waals surface area contributed by atoms with Crippen molar-refractivity contribution in [2.24, 2.45) is 0 Å². The number of nitrogens with one attached hydrogen (secondary N) is 1. The Bertz CT molecular complexity index is 384. The Morgan fingerprint density at radius 1 is 1.47 bits per heavy atom. The van der Waals surface area contributed by atoms with Crippen LogP contribution in [0, 0.1) is 0 Å². The van der Waals surface area contributed by atoms with E-state index in [1.807, 2.05) is 17.5 Å². The van der Waals surface area contributed by atoms with Crippen LogP contribution in [0.4, 0.5) is 0 Å². The van der Waals surface area contributed by atoms with Crippen molar-refractivity contribution in [3.05, 3.63) is 22.4 Å². The number of amides is 1. The third-order valence-electron chi connectivity index (χ3n) is 2.33. The van der Waals surface area contributed by atoms with Crippen LogP contribution < -0.4 is 5.32 Å². The predicted molar refractivity (Wildman–Crippen MR) is 66.9 cm³/mol. The normalized spacial score (nSPS) is 11.0. The lowest BCUT2D eigenvalue weighted by molar-refractivity contribution is -0.149. The second kappa shape index (κ2) is 5.82. The molecule has 17 heavy (non-hydrogen) atoms. The zero-order chi connectivity index (χ0) is 12.9. The Hall–Kier alpha value is -1.36. The molecule has 0 spiro atoms. The fraction of sp³-hybridized carbons (Fsp3) is 0.500. The minimum Gasteiger partial charge on any atom is -0.467 e. The molecule has 1 amide bonds. The van der Waals surface area contributed by atoms with Crippen LogP contribution in [0.5, 0.6) is 0 Å². The number of hydrogen-bond donors (Lipinski definition) is 1. The first-order chi connectivity index (χ1) is 7.95. The van der Waals surface area contributed by atoms with E-state index < -0.39 is 11.5 Å². The Balaban J connectivity index is 2.41. The molecule has 0 aliphatic heterocycles. The third-order valence-corrected chi connectivity index (χ3v) is 3.26. The highest BCUT2D eigenvalue weighted by molar-refractivity contribution is 7.09. The topological polar surface area (TPSA) is 55.4 Å². The van der Waals surface area contributed by atoms with E-state index in [4.69, 9.17) is 0 Å². The molecule has 1 aromatic rings. The summed E-state index contributed by atoms with van der Waals surface area (Å²) in [5.41, 5.74) is -0.971. The van der Waals surface area contributed by atoms with Crippen molar-refractivity contribution in [2.45, 2.75) is 32.2 Å². The Morgan fingerprint density at radius 3 is 2.71 bits per heavy atom. The number of carbonyl (C=O) groups excluding carboxylic acids is 2. The molecule has 1 aromatic heterocycles. The van der Waals surface area contributed by atoms with Crippen LogP contribution >= 0.6 is 11.3 Å². The number of esters is 1. The molecule has 1 N–H and O–H groups in total. The number of carbonyl (C=O) groups is 2. The van der Waals surface area contributed by atoms with E-state index in [0.717, 1.165) is 4.88 Å². The lowest BCUT2D eigenvalue weighted by Crippen LogP contribution is -2.50. The summed E-state index contributed by atoms with van der Waals surface area (Å²) in [4.78, 5) is 24.2. The smallest absolute Gasteiger partial charge is 0.330 e. The van der Waals surface area contributed by atoms with Crippen LogP contribution in [0.2, 0.25) is 0 Å². The van der Waals surface area contributed by atoms with E-state index in [-0.39, 0.29) is 5.91 Å². The Kier molecular flexibility index (Phi) is 4.69. The van der Waals surface area contributed by atoms with Crippen LogP contribution in [-0.4, -0.2) is 24.5 Å². The first kappa shape index (κ1) is 13.7. The van der Waals surface area contributed by atoms with Gasteiger partial charge in [-0.05, 0) is 31.7 Å². The third kappa shape index (κ3) is 4.19. The van der Waals surface area contributed by atoms with Gasteiger partial charge in [0.25, 0.3) is 0 Å². The van der Waals surface area contributed by atoms with Gasteiger partial charge in [0.15, 0.2) is 0 Å². The summed E-state index contributed by atoms with van der Waals surface area (Å²) < 4.78 is 4.61. The SMILES string of the molecule is COC(=O)C(C)(C)NC(=O)CCc1cccs1. The summed E-state index contributed by atoms with van der Waals surface area (Å²) in [5, 5.41) is 4.64. The monoisotopic (exact) mass is 255 g/mol. The molecule has 5 heteroatoms. The average Bonchev–Trinajstić information content (AvgIpc) is 2.77. The second-order valence-electron chi connectivity index (χ2n) is 4.24. The highest BCUT2D eigenvalue weighted by Gasteiger charge is 2.30. The molecule has 94 valence electrons. The molecule has 0 radical (unpaired) electrons. The summed E-state index contributed by atoms with van der Waals surface area (Å²) in [6.07, 6.45) is 1.07. The van der Waals surface area contributed by atoms with Crippen molar-refractivity contribution in [2.75, 3.05) is 7.11 Å². The summed E-state index contributed by atoms with van der Waals surface area (Å²) in [6.45, 7) is 3.25. The summed E-state index contributed by atoms with van der Waals surface area (Å²) in [7, 11) is 1.31. The number of thiophene rings is 1. The lowest BCUT2D eigenvalue weighted by atomic mass is 10.1. The van der Waals surface area contributed by atoms with E-state index >= 15 is 0 Å². The number of hydrogen-bond acceptors (Lipinski definition) is 4. The number of aryl methyl sites for hydroxylation is 1. The molecule has 0 aromatic carbocycles. The highest BCUT2D eigenvalue weighted by atomic mass is 32.1. The molecule has 1 rings (SSSR count). The first-order valence-electron chi connectivity index (χ1n) is 5.37. The molecule has 0 bridgehead atoms. The van der Waals surface area contributed by atoms with Gasteiger partial charge in [0, 0.05) is 11.3 Å². The van der Waals surface area contributed by atoms with Gasteiger partial charge in [0.2, 0.25) is 5.91 Å². The molecule has 1 heterocycles. The molecular weight excluding hydrogens is 238 g/mol. The van der Waals surface area contributed by atoms with Gasteiger partial charge in [-0.15, -0.1) is 11.3 Å². The molecule has 0 saturated carbocycles. The molecule has 0 saturated heterocycles. The Labute approximate surface area is 105 Å². The summed E-state index contributed by atoms with van der Waals surface area (Å²) in [5.74, 6) is -0.587. The van der Waals surface area contributed by atoms with E-state index in [1.54, 1.807) is 25.2 Å². The fourth-order valence-electron chi connectivity index (χ4n) is 1.41. The van der Waals surface area contributed by atoms with Gasteiger partial charge in [-0.2, -0.15) is 0 Å². The van der Waals surface area contributed by atoms with Crippen LogP contribution in [-0.2, 0) is 20.7 Å². The maximum atomic E-state index is 11.7. The second-order valence-corrected chi connectivity index (χ2v) is 5.28. The van der Waals surface area contributed by atoms with Crippen molar-refractivity contribution < 1.29 is 14.3 Å². The van der Waals surface area contributed by atoms with Crippen LogP contribution in [0.15, 0.2) is 17.5 Å². The van der Waals surface area contributed by atoms with Gasteiger partial charge in [0.1, 0.15) is 5.54 Å². The molecule has 0 aliphatic rings. The van der Waals surface area contributed by atoms with Crippen molar-refractivity contribution in [1.82, 2.24) is 5.32 Å². The molecule has 0 fully saturated rings. The summed E-state index contributed by atoms with van der Waals surface area (Å²) in [6, 6.07) is 3.94. The van der Waals surface area contributed by atoms with Crippen LogP contribution in [0.3, 0.4) is 0 Å². The summed E-state index contributed by atoms with van der Waals surface area (Å²) >= 11 is 1.62. The molecule has 0 atom stereocenters. The van der Waals surface area contributed by atoms with Crippen molar-refractivity contribution in [3.63, 3.8) is 0 Å². The molecule has 0 unspecified atom stereocenters. The van der Waals surface area contributed by atoms with Gasteiger partial charge in [-0.1, -0.05) is 6.07 Å². The van der Waals surface area contributed by atoms with Crippen LogP contribution in [0.1, 0.15) is 25.1 Å². The van der Waals surface area contributed by atoms with E-state index in [0.29, 0.717) is 12.8 Å². The predicted octanol–water partition coefficient (Wildman–Crippen LogP) is 1.75. The highest BCUT2D eigenvalue weighted by Crippen LogP contribution is 2.11. The number of methoxy groups -OCH3 is 1. The maximum absolute atomic E-state index is 11.7. The largest absolute Gasteiger partial charge is 0.467 e. The van der Waals surface area contributed by atoms with Crippen LogP contribution in [0.25, 0.3) is 0 Å². The van der Waals surface area contributed by atoms with Gasteiger partial charge in [-0.3, -0.25) is 4.79 Å². The van der Waals surface area contributed by atoms with Gasteiger partial charge in [0.05, 0.1) is 7.11 Å². The van der Waals surface area contributed by atoms with Crippen molar-refractivity contribution >= 4 is 23.2 Å². The molecule has 4 nitrogen and oxygen atoms in total. The van der Waals surface area contributed by atoms with E-state index in [2.05, 4.69) is 10.1 Å². The quantitative estimate of drug-likeness (QED) is 0.815. The molecular formula is C12H17NO3S. The maximum Gasteiger partial charge on any atom is 0.330 e. The van der Waals surface area contributed by atoms with Gasteiger partial charge in [-0.25, -0.2) is 4.79 Å². The molecule has 0 aliphatic carbocycles. The first-order valence-corrected chi connectivity index (χ1v) is 6.25. The fourth-order valence-corrected chi connectivity index (χ4v) is 2.12. The standard InChI is InChI=1S/C12H17NO3S/c1-12(2,11(15)16-3)13-10(14)7-6-9-5-4-8-17-9/h4-5,8H,6-7H2,1-3H3,(H,13,14). The lowest BCUT2D eigenvalue weighted by Gasteiger charge is -2.22. The minimum absolute atomic E-state index is 0.145. The van der Waals surface area contributed by atoms with E-state index in [9.17, 15) is 9.59 Å². The van der Waals surface area contributed by atoms with Crippen molar-refractivity contribution in [3.8, 4) is 0 Å². The van der Waals surface area contributed by atoms with Crippen molar-refractivity contribution in [1.29, 1.82) is 0 Å². The van der Waals surface area contributed by atoms with Gasteiger partial charge >= 0.3 is 5.97 Å². The number of ether oxygens (including phenoxy) is 1.